The predicted molar refractivity (Wildman–Crippen MR) is 119 cm³/mol. The highest BCUT2D eigenvalue weighted by Crippen LogP contribution is 2.63. The molecule has 2 aliphatic heterocycles. The molecule has 1 saturated heterocycles. The Hall–Kier alpha value is -1.76. The third-order valence-electron chi connectivity index (χ3n) is 7.77. The molecule has 5 nitrogen and oxygen atoms in total. The van der Waals surface area contributed by atoms with E-state index in [1.165, 1.54) is 6.20 Å². The van der Waals surface area contributed by atoms with Gasteiger partial charge in [0.05, 0.1) is 0 Å². The van der Waals surface area contributed by atoms with E-state index in [-0.39, 0.29) is 22.5 Å². The lowest BCUT2D eigenvalue weighted by Gasteiger charge is -2.50. The second kappa shape index (κ2) is 6.87. The highest BCUT2D eigenvalue weighted by molar-refractivity contribution is 6.30. The number of carbonyl (C=O) groups excluding carboxylic acids is 1. The molecule has 2 aromatic heterocycles. The zero-order chi connectivity index (χ0) is 22.2. The van der Waals surface area contributed by atoms with E-state index in [1.54, 1.807) is 12.1 Å². The van der Waals surface area contributed by atoms with Crippen LogP contribution in [0.3, 0.4) is 0 Å². The zero-order valence-corrected chi connectivity index (χ0v) is 19.2. The van der Waals surface area contributed by atoms with Crippen LogP contribution in [0.1, 0.15) is 63.5 Å². The second-order valence-electron chi connectivity index (χ2n) is 9.95. The molecule has 1 saturated carbocycles. The van der Waals surface area contributed by atoms with Crippen LogP contribution in [0.15, 0.2) is 24.4 Å². The van der Waals surface area contributed by atoms with Crippen molar-refractivity contribution < 1.29 is 9.18 Å². The summed E-state index contributed by atoms with van der Waals surface area (Å²) in [6.45, 7) is 6.53. The van der Waals surface area contributed by atoms with Gasteiger partial charge in [-0.25, -0.2) is 14.4 Å². The van der Waals surface area contributed by atoms with Crippen LogP contribution in [0.2, 0.25) is 10.3 Å². The Kier molecular flexibility index (Phi) is 4.68. The maximum Gasteiger partial charge on any atom is 0.238 e. The van der Waals surface area contributed by atoms with Crippen molar-refractivity contribution in [3.63, 3.8) is 0 Å². The summed E-state index contributed by atoms with van der Waals surface area (Å²) >= 11 is 12.2. The molecule has 4 heterocycles. The molecule has 8 heteroatoms. The fourth-order valence-electron chi connectivity index (χ4n) is 6.33. The molecule has 31 heavy (non-hydrogen) atoms. The number of anilines is 1. The number of aromatic nitrogens is 2. The maximum atomic E-state index is 15.3. The van der Waals surface area contributed by atoms with Gasteiger partial charge >= 0.3 is 0 Å². The first-order valence-electron chi connectivity index (χ1n) is 10.7. The predicted octanol–water partition coefficient (Wildman–Crippen LogP) is 5.23. The largest absolute Gasteiger partial charge is 0.310 e. The van der Waals surface area contributed by atoms with Crippen LogP contribution >= 0.6 is 23.2 Å². The number of nitrogens with zero attached hydrogens (tertiary/aromatic N) is 2. The van der Waals surface area contributed by atoms with Gasteiger partial charge in [-0.15, -0.1) is 0 Å². The molecule has 3 atom stereocenters. The van der Waals surface area contributed by atoms with E-state index in [0.29, 0.717) is 16.5 Å². The van der Waals surface area contributed by atoms with Crippen LogP contribution in [0, 0.1) is 11.2 Å². The van der Waals surface area contributed by atoms with E-state index in [0.717, 1.165) is 31.2 Å². The number of fused-ring (bicyclic) bond motifs is 3. The molecule has 2 aromatic rings. The number of rotatable bonds is 1. The van der Waals surface area contributed by atoms with Crippen molar-refractivity contribution in [1.29, 1.82) is 0 Å². The standard InChI is InChI=1S/C23H25Cl2FN4O/c1-12-16(13-6-11-27-18(25)17(13)26)23(22(30-12)9-7-21(2,3)8-10-22)14-4-5-15(24)28-19(14)29-20(23)31/h4-6,11-12,16,30H,7-10H2,1-3H3,(H,28,29,31)/t12-,16+,23+/m0/s1. The van der Waals surface area contributed by atoms with E-state index >= 15 is 4.39 Å². The van der Waals surface area contributed by atoms with Gasteiger partial charge in [0.1, 0.15) is 16.4 Å². The first kappa shape index (κ1) is 21.1. The lowest BCUT2D eigenvalue weighted by atomic mass is 9.53. The van der Waals surface area contributed by atoms with Crippen molar-refractivity contribution in [2.75, 3.05) is 5.32 Å². The highest BCUT2D eigenvalue weighted by atomic mass is 35.5. The summed E-state index contributed by atoms with van der Waals surface area (Å²) < 4.78 is 15.3. The van der Waals surface area contributed by atoms with E-state index in [9.17, 15) is 4.79 Å². The molecule has 3 aliphatic rings. The van der Waals surface area contributed by atoms with Crippen molar-refractivity contribution in [3.8, 4) is 0 Å². The van der Waals surface area contributed by atoms with Crippen LogP contribution in [-0.4, -0.2) is 27.5 Å². The monoisotopic (exact) mass is 462 g/mol. The molecule has 1 amide bonds. The molecule has 0 unspecified atom stereocenters. The Morgan fingerprint density at radius 1 is 1.13 bits per heavy atom. The number of carbonyl (C=O) groups is 1. The van der Waals surface area contributed by atoms with E-state index < -0.39 is 22.7 Å². The third kappa shape index (κ3) is 2.81. The quantitative estimate of drug-likeness (QED) is 0.569. The topological polar surface area (TPSA) is 66.9 Å². The number of hydrogen-bond donors (Lipinski definition) is 2. The lowest BCUT2D eigenvalue weighted by molar-refractivity contribution is -0.124. The minimum atomic E-state index is -1.03. The van der Waals surface area contributed by atoms with Gasteiger partial charge in [-0.3, -0.25) is 4.79 Å². The number of hydrogen-bond acceptors (Lipinski definition) is 4. The van der Waals surface area contributed by atoms with Crippen molar-refractivity contribution in [3.05, 3.63) is 51.6 Å². The van der Waals surface area contributed by atoms with Crippen LogP contribution in [0.5, 0.6) is 0 Å². The molecular formula is C23H25Cl2FN4O. The van der Waals surface area contributed by atoms with Gasteiger partial charge in [0.15, 0.2) is 11.0 Å². The van der Waals surface area contributed by atoms with E-state index in [1.807, 2.05) is 13.0 Å². The van der Waals surface area contributed by atoms with Crippen LogP contribution < -0.4 is 10.6 Å². The average molecular weight is 463 g/mol. The Balaban J connectivity index is 1.79. The smallest absolute Gasteiger partial charge is 0.238 e. The highest BCUT2D eigenvalue weighted by Gasteiger charge is 2.71. The zero-order valence-electron chi connectivity index (χ0n) is 17.7. The van der Waals surface area contributed by atoms with Gasteiger partial charge in [-0.05, 0) is 55.7 Å². The van der Waals surface area contributed by atoms with Gasteiger partial charge in [0.25, 0.3) is 0 Å². The molecule has 0 aromatic carbocycles. The molecule has 5 rings (SSSR count). The number of halogens is 3. The van der Waals surface area contributed by atoms with Crippen molar-refractivity contribution in [2.24, 2.45) is 5.41 Å². The molecule has 2 N–H and O–H groups in total. The van der Waals surface area contributed by atoms with Crippen molar-refractivity contribution in [2.45, 2.75) is 69.4 Å². The molecule has 0 radical (unpaired) electrons. The van der Waals surface area contributed by atoms with E-state index in [4.69, 9.17) is 23.2 Å². The van der Waals surface area contributed by atoms with Crippen molar-refractivity contribution >= 4 is 34.9 Å². The first-order chi connectivity index (χ1) is 14.6. The fourth-order valence-corrected chi connectivity index (χ4v) is 6.65. The number of pyridine rings is 2. The summed E-state index contributed by atoms with van der Waals surface area (Å²) in [5.41, 5.74) is -0.187. The normalized spacial score (nSPS) is 30.6. The average Bonchev–Trinajstić information content (AvgIpc) is 3.13. The molecule has 2 fully saturated rings. The molecular weight excluding hydrogens is 438 g/mol. The van der Waals surface area contributed by atoms with Crippen LogP contribution in [-0.2, 0) is 10.2 Å². The van der Waals surface area contributed by atoms with Gasteiger partial charge < -0.3 is 10.6 Å². The summed E-state index contributed by atoms with van der Waals surface area (Å²) in [5, 5.41) is 6.87. The minimum Gasteiger partial charge on any atom is -0.310 e. The van der Waals surface area contributed by atoms with Gasteiger partial charge in [-0.1, -0.05) is 43.1 Å². The number of nitrogens with one attached hydrogen (secondary N) is 2. The second-order valence-corrected chi connectivity index (χ2v) is 10.7. The fraction of sp³-hybridized carbons (Fsp3) is 0.522. The molecule has 0 bridgehead atoms. The van der Waals surface area contributed by atoms with Crippen LogP contribution in [0.25, 0.3) is 0 Å². The summed E-state index contributed by atoms with van der Waals surface area (Å²) in [5.74, 6) is -0.744. The van der Waals surface area contributed by atoms with E-state index in [2.05, 4.69) is 34.4 Å². The Morgan fingerprint density at radius 3 is 2.55 bits per heavy atom. The van der Waals surface area contributed by atoms with Gasteiger partial charge in [0.2, 0.25) is 5.91 Å². The first-order valence-corrected chi connectivity index (χ1v) is 11.4. The Labute approximate surface area is 191 Å². The van der Waals surface area contributed by atoms with Crippen LogP contribution in [0.4, 0.5) is 10.2 Å². The van der Waals surface area contributed by atoms with Gasteiger partial charge in [0, 0.05) is 29.3 Å². The SMILES string of the molecule is C[C@@H]1NC2(CCC(C)(C)CC2)[C@@]2(C(=O)Nc3nc(Cl)ccc32)[C@H]1c1ccnc(Cl)c1F. The summed E-state index contributed by atoms with van der Waals surface area (Å²) in [6.07, 6.45) is 5.03. The summed E-state index contributed by atoms with van der Waals surface area (Å²) in [6, 6.07) is 5.06. The summed E-state index contributed by atoms with van der Waals surface area (Å²) in [4.78, 5) is 22.2. The molecule has 164 valence electrons. The molecule has 1 aliphatic carbocycles. The minimum absolute atomic E-state index is 0.161. The lowest BCUT2D eigenvalue weighted by Crippen LogP contribution is -2.61. The number of amides is 1. The summed E-state index contributed by atoms with van der Waals surface area (Å²) in [7, 11) is 0. The van der Waals surface area contributed by atoms with Crippen molar-refractivity contribution in [1.82, 2.24) is 15.3 Å². The Bertz CT molecular complexity index is 1080. The van der Waals surface area contributed by atoms with Gasteiger partial charge in [-0.2, -0.15) is 0 Å². The maximum absolute atomic E-state index is 15.3. The third-order valence-corrected chi connectivity index (χ3v) is 8.24. The molecule has 2 spiro atoms. The Morgan fingerprint density at radius 2 is 1.84 bits per heavy atom.